The van der Waals surface area contributed by atoms with E-state index in [9.17, 15) is 14.4 Å². The summed E-state index contributed by atoms with van der Waals surface area (Å²) in [6, 6.07) is 18.4. The molecule has 2 aromatic carbocycles. The lowest BCUT2D eigenvalue weighted by Gasteiger charge is -2.41. The topological polar surface area (TPSA) is 80.6 Å². The molecule has 0 aliphatic carbocycles. The molecule has 1 aliphatic heterocycles. The molecule has 0 spiro atoms. The van der Waals surface area contributed by atoms with Crippen molar-refractivity contribution in [2.75, 3.05) is 12.0 Å². The number of hydrogen-bond acceptors (Lipinski definition) is 4. The van der Waals surface area contributed by atoms with Gasteiger partial charge in [0.2, 0.25) is 11.8 Å². The van der Waals surface area contributed by atoms with Crippen molar-refractivity contribution in [2.45, 2.75) is 39.3 Å². The number of aromatic nitrogens is 1. The highest BCUT2D eigenvalue weighted by molar-refractivity contribution is 5.97. The summed E-state index contributed by atoms with van der Waals surface area (Å²) in [7, 11) is 3.32. The molecule has 1 fully saturated rings. The van der Waals surface area contributed by atoms with Crippen molar-refractivity contribution in [3.05, 3.63) is 93.4 Å². The van der Waals surface area contributed by atoms with Crippen LogP contribution in [0.25, 0.3) is 0 Å². The van der Waals surface area contributed by atoms with E-state index in [0.717, 1.165) is 22.5 Å². The lowest BCUT2D eigenvalue weighted by atomic mass is 9.83. The van der Waals surface area contributed by atoms with E-state index >= 15 is 0 Å². The molecule has 35 heavy (non-hydrogen) atoms. The zero-order valence-corrected chi connectivity index (χ0v) is 20.6. The van der Waals surface area contributed by atoms with Crippen LogP contribution in [0.4, 0.5) is 5.69 Å². The molecule has 4 rings (SSSR count). The summed E-state index contributed by atoms with van der Waals surface area (Å²) in [5, 5.41) is 2.96. The van der Waals surface area contributed by atoms with Crippen molar-refractivity contribution < 1.29 is 14.3 Å². The van der Waals surface area contributed by atoms with Crippen LogP contribution in [-0.2, 0) is 23.2 Å². The normalized spacial score (nSPS) is 17.8. The average Bonchev–Trinajstić information content (AvgIpc) is 2.87. The van der Waals surface area contributed by atoms with Crippen LogP contribution in [0.3, 0.4) is 0 Å². The van der Waals surface area contributed by atoms with E-state index in [0.29, 0.717) is 17.7 Å². The predicted molar refractivity (Wildman–Crippen MR) is 135 cm³/mol. The minimum Gasteiger partial charge on any atom is -0.497 e. The van der Waals surface area contributed by atoms with E-state index in [2.05, 4.69) is 5.32 Å². The van der Waals surface area contributed by atoms with E-state index in [-0.39, 0.29) is 30.3 Å². The fourth-order valence-corrected chi connectivity index (χ4v) is 4.59. The van der Waals surface area contributed by atoms with Gasteiger partial charge in [0.1, 0.15) is 5.75 Å². The monoisotopic (exact) mass is 473 g/mol. The Morgan fingerprint density at radius 2 is 1.69 bits per heavy atom. The maximum absolute atomic E-state index is 13.5. The zero-order valence-electron chi connectivity index (χ0n) is 20.6. The first-order chi connectivity index (χ1) is 16.8. The number of amides is 2. The van der Waals surface area contributed by atoms with Gasteiger partial charge in [-0.05, 0) is 56.2 Å². The molecule has 1 aliphatic rings. The molecular formula is C28H31N3O4. The van der Waals surface area contributed by atoms with E-state index < -0.39 is 12.0 Å². The second kappa shape index (κ2) is 10.2. The van der Waals surface area contributed by atoms with Crippen molar-refractivity contribution in [3.63, 3.8) is 0 Å². The van der Waals surface area contributed by atoms with Crippen molar-refractivity contribution >= 4 is 17.5 Å². The third-order valence-corrected chi connectivity index (χ3v) is 6.79. The first-order valence-electron chi connectivity index (χ1n) is 11.8. The van der Waals surface area contributed by atoms with Gasteiger partial charge in [0.05, 0.1) is 19.1 Å². The van der Waals surface area contributed by atoms with Crippen molar-refractivity contribution in [3.8, 4) is 5.75 Å². The minimum atomic E-state index is -0.481. The number of nitrogens with one attached hydrogen (secondary N) is 1. The number of ether oxygens (including phenoxy) is 1. The molecule has 0 bridgehead atoms. The summed E-state index contributed by atoms with van der Waals surface area (Å²) in [6.07, 6.45) is 0.695. The zero-order chi connectivity index (χ0) is 25.1. The minimum absolute atomic E-state index is 0.0221. The number of pyridine rings is 1. The molecule has 1 saturated heterocycles. The van der Waals surface area contributed by atoms with Crippen molar-refractivity contribution in [1.82, 2.24) is 9.88 Å². The maximum atomic E-state index is 13.5. The Labute approximate surface area is 205 Å². The molecule has 2 atom stereocenters. The highest BCUT2D eigenvalue weighted by atomic mass is 16.5. The van der Waals surface area contributed by atoms with Gasteiger partial charge in [0.15, 0.2) is 0 Å². The van der Waals surface area contributed by atoms with Gasteiger partial charge in [-0.2, -0.15) is 0 Å². The highest BCUT2D eigenvalue weighted by Crippen LogP contribution is 2.40. The van der Waals surface area contributed by atoms with Gasteiger partial charge in [0.25, 0.3) is 5.56 Å². The highest BCUT2D eigenvalue weighted by Gasteiger charge is 2.41. The molecule has 1 aromatic heterocycles. The lowest BCUT2D eigenvalue weighted by molar-refractivity contribution is -0.129. The number of hydrogen-bond donors (Lipinski definition) is 1. The Bertz CT molecular complexity index is 1280. The van der Waals surface area contributed by atoms with Crippen LogP contribution >= 0.6 is 0 Å². The fraction of sp³-hybridized carbons (Fsp3) is 0.321. The number of carbonyl (C=O) groups is 2. The number of carbonyl (C=O) groups excluding carboxylic acids is 2. The van der Waals surface area contributed by atoms with Gasteiger partial charge in [0, 0.05) is 37.0 Å². The van der Waals surface area contributed by atoms with Gasteiger partial charge in [-0.25, -0.2) is 0 Å². The number of nitrogens with zero attached hydrogens (tertiary/aromatic N) is 2. The van der Waals surface area contributed by atoms with Crippen LogP contribution in [-0.4, -0.2) is 23.5 Å². The summed E-state index contributed by atoms with van der Waals surface area (Å²) in [5.41, 5.74) is 3.95. The molecule has 7 nitrogen and oxygen atoms in total. The van der Waals surface area contributed by atoms with Crippen LogP contribution in [0.15, 0.2) is 65.5 Å². The number of aryl methyl sites for hydroxylation is 2. The first-order valence-corrected chi connectivity index (χ1v) is 11.8. The molecule has 1 N–H and O–H groups in total. The molecule has 3 aromatic rings. The van der Waals surface area contributed by atoms with E-state index in [1.54, 1.807) is 29.7 Å². The van der Waals surface area contributed by atoms with E-state index in [4.69, 9.17) is 4.74 Å². The van der Waals surface area contributed by atoms with Gasteiger partial charge in [-0.1, -0.05) is 35.9 Å². The summed E-state index contributed by atoms with van der Waals surface area (Å²) in [4.78, 5) is 41.0. The summed E-state index contributed by atoms with van der Waals surface area (Å²) in [5.74, 6) is 0.0230. The van der Waals surface area contributed by atoms with Crippen LogP contribution in [0.5, 0.6) is 5.75 Å². The second-order valence-electron chi connectivity index (χ2n) is 9.04. The molecular weight excluding hydrogens is 442 g/mol. The fourth-order valence-electron chi connectivity index (χ4n) is 4.59. The van der Waals surface area contributed by atoms with Gasteiger partial charge >= 0.3 is 0 Å². The Kier molecular flexibility index (Phi) is 7.05. The van der Waals surface area contributed by atoms with Crippen LogP contribution in [0.1, 0.15) is 41.3 Å². The molecule has 7 heteroatoms. The molecule has 0 saturated carbocycles. The summed E-state index contributed by atoms with van der Waals surface area (Å²) >= 11 is 0. The molecule has 2 heterocycles. The van der Waals surface area contributed by atoms with Crippen LogP contribution in [0, 0.1) is 19.8 Å². The summed E-state index contributed by atoms with van der Waals surface area (Å²) < 4.78 is 6.87. The Balaban J connectivity index is 1.67. The number of rotatable bonds is 6. The van der Waals surface area contributed by atoms with E-state index in [1.807, 2.05) is 68.4 Å². The Hall–Kier alpha value is -3.87. The Morgan fingerprint density at radius 3 is 2.34 bits per heavy atom. The SMILES string of the molecule is COc1ccc(C2C(C(=O)NCc3ccc(C)n(C)c3=O)CCC(=O)N2c2ccc(C)cc2)cc1. The molecule has 182 valence electrons. The lowest BCUT2D eigenvalue weighted by Crippen LogP contribution is -2.48. The summed E-state index contributed by atoms with van der Waals surface area (Å²) in [6.45, 7) is 3.99. The standard InChI is InChI=1S/C28H31N3O4/c1-18-5-11-22(12-6-18)31-25(32)16-15-24(26(31)20-9-13-23(35-4)14-10-20)27(33)29-17-21-8-7-19(2)30(3)28(21)34/h5-14,24,26H,15-17H2,1-4H3,(H,29,33). The number of benzene rings is 2. The van der Waals surface area contributed by atoms with E-state index in [1.165, 1.54) is 0 Å². The van der Waals surface area contributed by atoms with Crippen LogP contribution < -0.4 is 20.5 Å². The first kappa shape index (κ1) is 24.3. The van der Waals surface area contributed by atoms with Gasteiger partial charge in [-0.3, -0.25) is 14.4 Å². The quantitative estimate of drug-likeness (QED) is 0.590. The number of piperidine rings is 1. The molecule has 2 unspecified atom stereocenters. The number of methoxy groups -OCH3 is 1. The average molecular weight is 474 g/mol. The molecule has 2 amide bonds. The van der Waals surface area contributed by atoms with Crippen molar-refractivity contribution in [2.24, 2.45) is 13.0 Å². The van der Waals surface area contributed by atoms with Gasteiger partial charge in [-0.15, -0.1) is 0 Å². The predicted octanol–water partition coefficient (Wildman–Crippen LogP) is 3.81. The van der Waals surface area contributed by atoms with Crippen LogP contribution in [0.2, 0.25) is 0 Å². The number of anilines is 1. The maximum Gasteiger partial charge on any atom is 0.255 e. The largest absolute Gasteiger partial charge is 0.497 e. The third-order valence-electron chi connectivity index (χ3n) is 6.79. The Morgan fingerprint density at radius 1 is 1.00 bits per heavy atom. The smallest absolute Gasteiger partial charge is 0.255 e. The van der Waals surface area contributed by atoms with Crippen molar-refractivity contribution in [1.29, 1.82) is 0 Å². The van der Waals surface area contributed by atoms with Gasteiger partial charge < -0.3 is 19.5 Å². The third kappa shape index (κ3) is 4.99. The molecule has 0 radical (unpaired) electrons. The second-order valence-corrected chi connectivity index (χ2v) is 9.04.